The molecule has 2 rings (SSSR count). The Morgan fingerprint density at radius 1 is 1.27 bits per heavy atom. The highest BCUT2D eigenvalue weighted by Crippen LogP contribution is 2.26. The number of phenolic OH excluding ortho intramolecular Hbond substituents is 1. The van der Waals surface area contributed by atoms with Crippen LogP contribution in [0.1, 0.15) is 30.3 Å². The highest BCUT2D eigenvalue weighted by atomic mass is 16.5. The smallest absolute Gasteiger partial charge is 0.191 e. The van der Waals surface area contributed by atoms with Gasteiger partial charge in [0.05, 0.1) is 19.3 Å². The summed E-state index contributed by atoms with van der Waals surface area (Å²) >= 11 is 0. The molecule has 1 aromatic carbocycles. The van der Waals surface area contributed by atoms with Crippen molar-refractivity contribution < 1.29 is 9.84 Å². The summed E-state index contributed by atoms with van der Waals surface area (Å²) in [4.78, 5) is 4.57. The molecule has 0 atom stereocenters. The molecule has 0 saturated heterocycles. The zero-order chi connectivity index (χ0) is 18.9. The van der Waals surface area contributed by atoms with E-state index in [0.717, 1.165) is 43.3 Å². The molecule has 0 aliphatic heterocycles. The third-order valence-corrected chi connectivity index (χ3v) is 3.95. The van der Waals surface area contributed by atoms with Gasteiger partial charge in [-0.05, 0) is 51.0 Å². The molecule has 0 unspecified atom stereocenters. The van der Waals surface area contributed by atoms with Crippen molar-refractivity contribution in [3.05, 3.63) is 41.2 Å². The van der Waals surface area contributed by atoms with Crippen molar-refractivity contribution in [3.8, 4) is 11.5 Å². The number of nitrogens with zero attached hydrogens (tertiary/aromatic N) is 3. The van der Waals surface area contributed by atoms with Crippen molar-refractivity contribution in [1.29, 1.82) is 0 Å². The second kappa shape index (κ2) is 9.70. The molecule has 0 radical (unpaired) electrons. The first kappa shape index (κ1) is 19.6. The number of aryl methyl sites for hydroxylation is 3. The summed E-state index contributed by atoms with van der Waals surface area (Å²) in [5.41, 5.74) is 3.15. The van der Waals surface area contributed by atoms with Crippen molar-refractivity contribution in [2.75, 3.05) is 20.2 Å². The van der Waals surface area contributed by atoms with Gasteiger partial charge in [0.15, 0.2) is 17.5 Å². The molecular weight excluding hydrogens is 330 g/mol. The lowest BCUT2D eigenvalue weighted by molar-refractivity contribution is 0.373. The summed E-state index contributed by atoms with van der Waals surface area (Å²) < 4.78 is 7.09. The first-order chi connectivity index (χ1) is 12.5. The predicted molar refractivity (Wildman–Crippen MR) is 104 cm³/mol. The number of ether oxygens (including phenoxy) is 1. The number of hydrogen-bond acceptors (Lipinski definition) is 4. The van der Waals surface area contributed by atoms with Gasteiger partial charge in [-0.15, -0.1) is 0 Å². The topological polar surface area (TPSA) is 83.7 Å². The van der Waals surface area contributed by atoms with E-state index >= 15 is 0 Å². The van der Waals surface area contributed by atoms with Gasteiger partial charge >= 0.3 is 0 Å². The number of hydrogen-bond donors (Lipinski definition) is 3. The van der Waals surface area contributed by atoms with Crippen LogP contribution in [0.4, 0.5) is 0 Å². The van der Waals surface area contributed by atoms with Gasteiger partial charge in [-0.2, -0.15) is 5.10 Å². The molecule has 0 spiro atoms. The fourth-order valence-electron chi connectivity index (χ4n) is 2.68. The number of rotatable bonds is 8. The zero-order valence-corrected chi connectivity index (χ0v) is 16.0. The summed E-state index contributed by atoms with van der Waals surface area (Å²) in [6.07, 6.45) is 0.954. The van der Waals surface area contributed by atoms with Crippen LogP contribution in [0, 0.1) is 13.8 Å². The van der Waals surface area contributed by atoms with E-state index in [1.54, 1.807) is 12.1 Å². The maximum atomic E-state index is 9.85. The van der Waals surface area contributed by atoms with Gasteiger partial charge in [0.25, 0.3) is 0 Å². The number of guanidine groups is 1. The van der Waals surface area contributed by atoms with Gasteiger partial charge in [-0.3, -0.25) is 4.68 Å². The predicted octanol–water partition coefficient (Wildman–Crippen LogP) is 2.36. The summed E-state index contributed by atoms with van der Waals surface area (Å²) in [6.45, 7) is 9.06. The molecule has 26 heavy (non-hydrogen) atoms. The first-order valence-electron chi connectivity index (χ1n) is 8.92. The Bertz CT molecular complexity index is 740. The standard InChI is InChI=1S/C19H29N5O2/c1-5-20-19(21-9-6-10-24-15(3)11-14(2)23-24)22-13-16-7-8-18(26-4)17(25)12-16/h7-8,11-12,25H,5-6,9-10,13H2,1-4H3,(H2,20,21,22). The maximum absolute atomic E-state index is 9.85. The monoisotopic (exact) mass is 359 g/mol. The van der Waals surface area contributed by atoms with E-state index < -0.39 is 0 Å². The van der Waals surface area contributed by atoms with E-state index in [1.807, 2.05) is 24.6 Å². The van der Waals surface area contributed by atoms with Gasteiger partial charge in [-0.25, -0.2) is 4.99 Å². The van der Waals surface area contributed by atoms with E-state index in [-0.39, 0.29) is 5.75 Å². The van der Waals surface area contributed by atoms with Crippen LogP contribution in [0.25, 0.3) is 0 Å². The zero-order valence-electron chi connectivity index (χ0n) is 16.0. The Labute approximate surface area is 155 Å². The lowest BCUT2D eigenvalue weighted by Crippen LogP contribution is -2.38. The van der Waals surface area contributed by atoms with Gasteiger partial charge in [0.2, 0.25) is 0 Å². The summed E-state index contributed by atoms with van der Waals surface area (Å²) in [6, 6.07) is 7.40. The molecule has 7 heteroatoms. The Balaban J connectivity index is 1.86. The van der Waals surface area contributed by atoms with E-state index in [9.17, 15) is 5.11 Å². The minimum absolute atomic E-state index is 0.128. The largest absolute Gasteiger partial charge is 0.504 e. The van der Waals surface area contributed by atoms with Gasteiger partial charge < -0.3 is 20.5 Å². The number of methoxy groups -OCH3 is 1. The molecule has 0 aliphatic rings. The van der Waals surface area contributed by atoms with Crippen LogP contribution < -0.4 is 15.4 Å². The Morgan fingerprint density at radius 3 is 2.69 bits per heavy atom. The van der Waals surface area contributed by atoms with E-state index in [0.29, 0.717) is 12.3 Å². The Kier molecular flexibility index (Phi) is 7.32. The van der Waals surface area contributed by atoms with Crippen molar-refractivity contribution in [2.24, 2.45) is 4.99 Å². The molecule has 0 bridgehead atoms. The minimum atomic E-state index is 0.128. The highest BCUT2D eigenvalue weighted by Gasteiger charge is 2.04. The Morgan fingerprint density at radius 2 is 2.08 bits per heavy atom. The normalized spacial score (nSPS) is 11.5. The average Bonchev–Trinajstić information content (AvgIpc) is 2.94. The molecule has 1 heterocycles. The van der Waals surface area contributed by atoms with Crippen molar-refractivity contribution >= 4 is 5.96 Å². The summed E-state index contributed by atoms with van der Waals surface area (Å²) in [5, 5.41) is 20.9. The van der Waals surface area contributed by atoms with Crippen LogP contribution in [0.5, 0.6) is 11.5 Å². The third-order valence-electron chi connectivity index (χ3n) is 3.95. The number of nitrogens with one attached hydrogen (secondary N) is 2. The molecule has 3 N–H and O–H groups in total. The molecule has 0 fully saturated rings. The molecular formula is C19H29N5O2. The van der Waals surface area contributed by atoms with Crippen molar-refractivity contribution in [2.45, 2.75) is 40.3 Å². The molecule has 7 nitrogen and oxygen atoms in total. The first-order valence-corrected chi connectivity index (χ1v) is 8.92. The number of aromatic hydroxyl groups is 1. The molecule has 1 aromatic heterocycles. The lowest BCUT2D eigenvalue weighted by atomic mass is 10.2. The van der Waals surface area contributed by atoms with E-state index in [1.165, 1.54) is 12.8 Å². The lowest BCUT2D eigenvalue weighted by Gasteiger charge is -2.12. The second-order valence-corrected chi connectivity index (χ2v) is 6.13. The molecule has 2 aromatic rings. The number of aromatic nitrogens is 2. The van der Waals surface area contributed by atoms with Crippen LogP contribution in [-0.4, -0.2) is 41.0 Å². The summed E-state index contributed by atoms with van der Waals surface area (Å²) in [5.74, 6) is 1.35. The van der Waals surface area contributed by atoms with E-state index in [4.69, 9.17) is 4.74 Å². The maximum Gasteiger partial charge on any atom is 0.191 e. The second-order valence-electron chi connectivity index (χ2n) is 6.13. The average molecular weight is 359 g/mol. The third kappa shape index (κ3) is 5.68. The van der Waals surface area contributed by atoms with Crippen LogP contribution in [0.15, 0.2) is 29.3 Å². The molecule has 0 saturated carbocycles. The van der Waals surface area contributed by atoms with Crippen LogP contribution in [0.3, 0.4) is 0 Å². The minimum Gasteiger partial charge on any atom is -0.504 e. The molecule has 0 aliphatic carbocycles. The van der Waals surface area contributed by atoms with Crippen LogP contribution in [0.2, 0.25) is 0 Å². The Hall–Kier alpha value is -2.70. The number of aliphatic imine (C=N–C) groups is 1. The van der Waals surface area contributed by atoms with Gasteiger partial charge in [0, 0.05) is 25.3 Å². The van der Waals surface area contributed by atoms with Crippen LogP contribution in [-0.2, 0) is 13.1 Å². The van der Waals surface area contributed by atoms with E-state index in [2.05, 4.69) is 33.7 Å². The van der Waals surface area contributed by atoms with Crippen molar-refractivity contribution in [1.82, 2.24) is 20.4 Å². The van der Waals surface area contributed by atoms with Crippen molar-refractivity contribution in [3.63, 3.8) is 0 Å². The van der Waals surface area contributed by atoms with Gasteiger partial charge in [0.1, 0.15) is 0 Å². The fraction of sp³-hybridized carbons (Fsp3) is 0.474. The fourth-order valence-corrected chi connectivity index (χ4v) is 2.68. The highest BCUT2D eigenvalue weighted by molar-refractivity contribution is 5.79. The van der Waals surface area contributed by atoms with Crippen LogP contribution >= 0.6 is 0 Å². The van der Waals surface area contributed by atoms with Gasteiger partial charge in [-0.1, -0.05) is 6.07 Å². The molecule has 0 amide bonds. The number of phenols is 1. The summed E-state index contributed by atoms with van der Waals surface area (Å²) in [7, 11) is 1.53. The molecule has 142 valence electrons. The SMILES string of the molecule is CCNC(=NCc1ccc(OC)c(O)c1)NCCCn1nc(C)cc1C. The number of benzene rings is 1. The quantitative estimate of drug-likeness (QED) is 0.383.